The third kappa shape index (κ3) is 1.12. The molecule has 0 aromatic heterocycles. The average Bonchev–Trinajstić information content (AvgIpc) is 3.07. The molecule has 2 atom stereocenters. The summed E-state index contributed by atoms with van der Waals surface area (Å²) in [6, 6.07) is 1.28. The van der Waals surface area contributed by atoms with Crippen LogP contribution in [0, 0.1) is 5.92 Å². The number of carbonyl (C=O) groups is 1. The summed E-state index contributed by atoms with van der Waals surface area (Å²) in [5.41, 5.74) is 0.604. The van der Waals surface area contributed by atoms with Gasteiger partial charge in [0.05, 0.1) is 0 Å². The van der Waals surface area contributed by atoms with E-state index in [1.165, 1.54) is 38.5 Å². The first kappa shape index (κ1) is 8.74. The zero-order valence-electron chi connectivity index (χ0n) is 9.24. The van der Waals surface area contributed by atoms with E-state index >= 15 is 0 Å². The van der Waals surface area contributed by atoms with Gasteiger partial charge in [-0.3, -0.25) is 9.69 Å². The predicted octanol–water partition coefficient (Wildman–Crippen LogP) is 2.12. The lowest BCUT2D eigenvalue weighted by atomic mass is 9.96. The highest BCUT2D eigenvalue weighted by Crippen LogP contribution is 2.61. The highest BCUT2D eigenvalue weighted by atomic mass is 16.1. The lowest BCUT2D eigenvalue weighted by Gasteiger charge is -2.41. The third-order valence-corrected chi connectivity index (χ3v) is 5.16. The van der Waals surface area contributed by atoms with E-state index in [0.29, 0.717) is 23.4 Å². The number of fused-ring (bicyclic) bond motifs is 2. The van der Waals surface area contributed by atoms with Gasteiger partial charge in [0.15, 0.2) is 0 Å². The summed E-state index contributed by atoms with van der Waals surface area (Å²) >= 11 is 0. The molecule has 0 amide bonds. The number of nitrogens with zero attached hydrogens (tertiary/aromatic N) is 1. The van der Waals surface area contributed by atoms with Crippen molar-refractivity contribution in [2.24, 2.45) is 5.92 Å². The van der Waals surface area contributed by atoms with Crippen LogP contribution in [0.5, 0.6) is 0 Å². The quantitative estimate of drug-likeness (QED) is 0.688. The number of ketones is 1. The predicted molar refractivity (Wildman–Crippen MR) is 57.6 cm³/mol. The van der Waals surface area contributed by atoms with E-state index < -0.39 is 0 Å². The number of hydrogen-bond donors (Lipinski definition) is 0. The van der Waals surface area contributed by atoms with E-state index in [0.717, 1.165) is 18.8 Å². The summed E-state index contributed by atoms with van der Waals surface area (Å²) in [5, 5.41) is 0. The molecule has 2 nitrogen and oxygen atoms in total. The molecule has 82 valence electrons. The molecule has 0 aromatic rings. The number of rotatable bonds is 2. The molecule has 0 N–H and O–H groups in total. The van der Waals surface area contributed by atoms with Gasteiger partial charge in [0, 0.05) is 30.5 Å². The van der Waals surface area contributed by atoms with Crippen molar-refractivity contribution >= 4 is 5.78 Å². The van der Waals surface area contributed by atoms with Gasteiger partial charge in [0.2, 0.25) is 0 Å². The molecule has 2 bridgehead atoms. The van der Waals surface area contributed by atoms with Gasteiger partial charge in [-0.25, -0.2) is 0 Å². The van der Waals surface area contributed by atoms with E-state index in [9.17, 15) is 4.79 Å². The fourth-order valence-corrected chi connectivity index (χ4v) is 4.32. The molecule has 2 heteroatoms. The van der Waals surface area contributed by atoms with Crippen LogP contribution in [0.4, 0.5) is 0 Å². The van der Waals surface area contributed by atoms with Crippen LogP contribution in [-0.2, 0) is 4.79 Å². The van der Waals surface area contributed by atoms with Crippen LogP contribution >= 0.6 is 0 Å². The summed E-state index contributed by atoms with van der Waals surface area (Å²) in [4.78, 5) is 14.4. The zero-order valence-corrected chi connectivity index (χ0v) is 9.24. The molecule has 0 radical (unpaired) electrons. The summed E-state index contributed by atoms with van der Waals surface area (Å²) in [5.74, 6) is 1.54. The maximum absolute atomic E-state index is 11.6. The van der Waals surface area contributed by atoms with Crippen molar-refractivity contribution in [3.63, 3.8) is 0 Å². The second-order valence-corrected chi connectivity index (χ2v) is 6.12. The SMILES string of the molecule is O=C1CC2CCC(C1)N2C1(C2CC2)CC1. The highest BCUT2D eigenvalue weighted by Gasteiger charge is 2.62. The lowest BCUT2D eigenvalue weighted by molar-refractivity contribution is -0.125. The lowest BCUT2D eigenvalue weighted by Crippen LogP contribution is -2.51. The fourth-order valence-electron chi connectivity index (χ4n) is 4.32. The van der Waals surface area contributed by atoms with Crippen molar-refractivity contribution in [3.8, 4) is 0 Å². The van der Waals surface area contributed by atoms with Crippen LogP contribution in [0.1, 0.15) is 51.4 Å². The molecule has 2 unspecified atom stereocenters. The number of carbonyl (C=O) groups excluding carboxylic acids is 1. The van der Waals surface area contributed by atoms with Gasteiger partial charge in [-0.1, -0.05) is 0 Å². The van der Waals surface area contributed by atoms with Crippen molar-refractivity contribution in [1.82, 2.24) is 4.90 Å². The molecule has 0 spiro atoms. The molecule has 15 heavy (non-hydrogen) atoms. The standard InChI is InChI=1S/C13H19NO/c15-12-7-10-3-4-11(8-12)14(10)13(5-6-13)9-1-2-9/h9-11H,1-8H2. The highest BCUT2D eigenvalue weighted by molar-refractivity contribution is 5.81. The Hall–Kier alpha value is -0.370. The van der Waals surface area contributed by atoms with Gasteiger partial charge in [0.25, 0.3) is 0 Å². The minimum Gasteiger partial charge on any atom is -0.300 e. The fraction of sp³-hybridized carbons (Fsp3) is 0.923. The van der Waals surface area contributed by atoms with E-state index in [-0.39, 0.29) is 0 Å². The Morgan fingerprint density at radius 3 is 2.07 bits per heavy atom. The second kappa shape index (κ2) is 2.65. The van der Waals surface area contributed by atoms with E-state index in [1.54, 1.807) is 0 Å². The van der Waals surface area contributed by atoms with Crippen molar-refractivity contribution in [3.05, 3.63) is 0 Å². The molecule has 4 fully saturated rings. The first-order chi connectivity index (χ1) is 7.29. The second-order valence-electron chi connectivity index (χ2n) is 6.12. The van der Waals surface area contributed by atoms with Gasteiger partial charge < -0.3 is 0 Å². The van der Waals surface area contributed by atoms with Crippen molar-refractivity contribution in [2.75, 3.05) is 0 Å². The van der Waals surface area contributed by atoms with Crippen LogP contribution in [0.25, 0.3) is 0 Å². The minimum absolute atomic E-state index is 0.533. The van der Waals surface area contributed by atoms with Gasteiger partial charge in [-0.2, -0.15) is 0 Å². The van der Waals surface area contributed by atoms with Crippen LogP contribution in [-0.4, -0.2) is 28.3 Å². The molecule has 4 rings (SSSR count). The molecule has 2 saturated carbocycles. The molecular formula is C13H19NO. The molecule has 0 aromatic carbocycles. The van der Waals surface area contributed by atoms with Crippen molar-refractivity contribution in [1.29, 1.82) is 0 Å². The van der Waals surface area contributed by atoms with Crippen molar-refractivity contribution in [2.45, 2.75) is 69.0 Å². The Bertz CT molecular complexity index is 300. The largest absolute Gasteiger partial charge is 0.300 e. The average molecular weight is 205 g/mol. The van der Waals surface area contributed by atoms with E-state index in [2.05, 4.69) is 4.90 Å². The normalized spacial score (nSPS) is 43.3. The van der Waals surface area contributed by atoms with E-state index in [1.807, 2.05) is 0 Å². The van der Waals surface area contributed by atoms with Crippen LogP contribution < -0.4 is 0 Å². The summed E-state index contributed by atoms with van der Waals surface area (Å²) in [6.07, 6.45) is 10.1. The molecular weight excluding hydrogens is 186 g/mol. The van der Waals surface area contributed by atoms with E-state index in [4.69, 9.17) is 0 Å². The topological polar surface area (TPSA) is 20.3 Å². The minimum atomic E-state index is 0.533. The maximum Gasteiger partial charge on any atom is 0.136 e. The summed E-state index contributed by atoms with van der Waals surface area (Å²) < 4.78 is 0. The van der Waals surface area contributed by atoms with Gasteiger partial charge in [-0.15, -0.1) is 0 Å². The monoisotopic (exact) mass is 205 g/mol. The zero-order chi connectivity index (χ0) is 10.0. The number of piperidine rings is 1. The Morgan fingerprint density at radius 2 is 1.60 bits per heavy atom. The molecule has 2 aliphatic heterocycles. The Labute approximate surface area is 91.0 Å². The summed E-state index contributed by atoms with van der Waals surface area (Å²) in [6.45, 7) is 0. The molecule has 2 saturated heterocycles. The maximum atomic E-state index is 11.6. The summed E-state index contributed by atoms with van der Waals surface area (Å²) in [7, 11) is 0. The Kier molecular flexibility index (Phi) is 1.55. The van der Waals surface area contributed by atoms with Crippen LogP contribution in [0.3, 0.4) is 0 Å². The third-order valence-electron chi connectivity index (χ3n) is 5.16. The first-order valence-corrected chi connectivity index (χ1v) is 6.60. The molecule has 2 heterocycles. The Balaban J connectivity index is 1.64. The first-order valence-electron chi connectivity index (χ1n) is 6.60. The smallest absolute Gasteiger partial charge is 0.136 e. The molecule has 2 aliphatic carbocycles. The number of hydrogen-bond acceptors (Lipinski definition) is 2. The van der Waals surface area contributed by atoms with Gasteiger partial charge in [0.1, 0.15) is 5.78 Å². The van der Waals surface area contributed by atoms with Crippen LogP contribution in [0.15, 0.2) is 0 Å². The Morgan fingerprint density at radius 1 is 1.00 bits per heavy atom. The van der Waals surface area contributed by atoms with Crippen molar-refractivity contribution < 1.29 is 4.79 Å². The van der Waals surface area contributed by atoms with Gasteiger partial charge in [-0.05, 0) is 44.4 Å². The van der Waals surface area contributed by atoms with Gasteiger partial charge >= 0.3 is 0 Å². The van der Waals surface area contributed by atoms with Crippen LogP contribution in [0.2, 0.25) is 0 Å². The molecule has 4 aliphatic rings. The number of Topliss-reactive ketones (excluding diaryl/α,β-unsaturated/α-hetero) is 1.